The fourth-order valence-corrected chi connectivity index (χ4v) is 4.27. The highest BCUT2D eigenvalue weighted by Gasteiger charge is 2.22. The lowest BCUT2D eigenvalue weighted by molar-refractivity contribution is 0.273. The van der Waals surface area contributed by atoms with Crippen LogP contribution in [0.4, 0.5) is 0 Å². The third-order valence-corrected chi connectivity index (χ3v) is 5.63. The lowest BCUT2D eigenvalue weighted by Gasteiger charge is -2.21. The molecule has 4 nitrogen and oxygen atoms in total. The van der Waals surface area contributed by atoms with Crippen LogP contribution in [0.5, 0.6) is 0 Å². The average molecular weight is 426 g/mol. The summed E-state index contributed by atoms with van der Waals surface area (Å²) in [6.45, 7) is 9.71. The predicted octanol–water partition coefficient (Wildman–Crippen LogP) is 2.54. The van der Waals surface area contributed by atoms with E-state index in [1.165, 1.54) is 38.0 Å². The van der Waals surface area contributed by atoms with Gasteiger partial charge >= 0.3 is 0 Å². The normalized spacial score (nSPS) is 26.7. The highest BCUT2D eigenvalue weighted by molar-refractivity contribution is 14.0. The number of guanidine groups is 1. The van der Waals surface area contributed by atoms with E-state index in [9.17, 15) is 0 Å². The molecule has 0 aromatic carbocycles. The topological polar surface area (TPSA) is 39.7 Å². The summed E-state index contributed by atoms with van der Waals surface area (Å²) in [4.78, 5) is 7.35. The van der Waals surface area contributed by atoms with Crippen molar-refractivity contribution >= 4 is 41.7 Å². The van der Waals surface area contributed by atoms with Crippen molar-refractivity contribution in [2.24, 2.45) is 4.99 Å². The summed E-state index contributed by atoms with van der Waals surface area (Å²) < 4.78 is 0. The maximum Gasteiger partial charge on any atom is 0.191 e. The van der Waals surface area contributed by atoms with Crippen LogP contribution in [-0.2, 0) is 0 Å². The molecule has 0 spiro atoms. The van der Waals surface area contributed by atoms with E-state index in [0.29, 0.717) is 6.04 Å². The molecule has 2 N–H and O–H groups in total. The van der Waals surface area contributed by atoms with Crippen LogP contribution < -0.4 is 10.6 Å². The van der Waals surface area contributed by atoms with E-state index in [1.54, 1.807) is 0 Å². The molecular weight excluding hydrogens is 395 g/mol. The number of likely N-dealkylation sites (N-methyl/N-ethyl adjacent to an activating group) is 1. The molecule has 2 aliphatic rings. The SMILES string of the molecule is CCNC(=NCC1CCCN1CC)NCC1CCCS1.I. The Kier molecular flexibility index (Phi) is 10.1. The van der Waals surface area contributed by atoms with Crippen molar-refractivity contribution in [3.63, 3.8) is 0 Å². The summed E-state index contributed by atoms with van der Waals surface area (Å²) in [6, 6.07) is 0.649. The van der Waals surface area contributed by atoms with Gasteiger partial charge in [0.25, 0.3) is 0 Å². The van der Waals surface area contributed by atoms with Crippen LogP contribution in [0.25, 0.3) is 0 Å². The number of halogens is 1. The Morgan fingerprint density at radius 2 is 2.10 bits per heavy atom. The number of nitrogens with one attached hydrogen (secondary N) is 2. The highest BCUT2D eigenvalue weighted by Crippen LogP contribution is 2.25. The monoisotopic (exact) mass is 426 g/mol. The Bertz CT molecular complexity index is 308. The number of thioether (sulfide) groups is 1. The van der Waals surface area contributed by atoms with Gasteiger partial charge < -0.3 is 10.6 Å². The van der Waals surface area contributed by atoms with Crippen LogP contribution in [0.1, 0.15) is 39.5 Å². The first-order chi connectivity index (χ1) is 9.83. The molecule has 124 valence electrons. The Hall–Kier alpha value is 0.310. The highest BCUT2D eigenvalue weighted by atomic mass is 127. The van der Waals surface area contributed by atoms with E-state index >= 15 is 0 Å². The maximum atomic E-state index is 4.80. The van der Waals surface area contributed by atoms with Crippen molar-refractivity contribution < 1.29 is 0 Å². The smallest absolute Gasteiger partial charge is 0.191 e. The zero-order valence-electron chi connectivity index (χ0n) is 13.4. The number of hydrogen-bond donors (Lipinski definition) is 2. The molecule has 0 aromatic rings. The minimum atomic E-state index is 0. The second-order valence-corrected chi connectivity index (χ2v) is 7.07. The van der Waals surface area contributed by atoms with E-state index in [4.69, 9.17) is 4.99 Å². The second kappa shape index (κ2) is 10.9. The van der Waals surface area contributed by atoms with E-state index in [-0.39, 0.29) is 24.0 Å². The van der Waals surface area contributed by atoms with Crippen LogP contribution in [0.3, 0.4) is 0 Å². The first-order valence-corrected chi connectivity index (χ1v) is 9.26. The molecule has 2 saturated heterocycles. The van der Waals surface area contributed by atoms with Gasteiger partial charge in [-0.1, -0.05) is 6.92 Å². The minimum absolute atomic E-state index is 0. The molecule has 0 saturated carbocycles. The lowest BCUT2D eigenvalue weighted by atomic mass is 10.2. The Morgan fingerprint density at radius 3 is 2.76 bits per heavy atom. The van der Waals surface area contributed by atoms with Gasteiger partial charge in [0.05, 0.1) is 6.54 Å². The molecule has 2 fully saturated rings. The molecule has 0 bridgehead atoms. The standard InChI is InChI=1S/C15H30N4S.HI/c1-3-16-15(18-12-14-8-6-10-20-14)17-11-13-7-5-9-19(13)4-2;/h13-14H,3-12H2,1-2H3,(H2,16,17,18);1H. The molecule has 2 atom stereocenters. The van der Waals surface area contributed by atoms with Crippen molar-refractivity contribution in [3.8, 4) is 0 Å². The van der Waals surface area contributed by atoms with Gasteiger partial charge in [-0.25, -0.2) is 0 Å². The van der Waals surface area contributed by atoms with Gasteiger partial charge in [-0.2, -0.15) is 11.8 Å². The van der Waals surface area contributed by atoms with Crippen molar-refractivity contribution in [1.82, 2.24) is 15.5 Å². The number of aliphatic imine (C=N–C) groups is 1. The number of rotatable bonds is 6. The summed E-state index contributed by atoms with van der Waals surface area (Å²) >= 11 is 2.10. The third-order valence-electron chi connectivity index (χ3n) is 4.23. The molecular formula is C15H31IN4S. The van der Waals surface area contributed by atoms with Crippen molar-refractivity contribution in [2.45, 2.75) is 50.8 Å². The minimum Gasteiger partial charge on any atom is -0.357 e. The van der Waals surface area contributed by atoms with Crippen LogP contribution in [0, 0.1) is 0 Å². The quantitative estimate of drug-likeness (QED) is 0.389. The predicted molar refractivity (Wildman–Crippen MR) is 105 cm³/mol. The zero-order valence-corrected chi connectivity index (χ0v) is 16.6. The van der Waals surface area contributed by atoms with Crippen LogP contribution in [0.2, 0.25) is 0 Å². The zero-order chi connectivity index (χ0) is 14.2. The molecule has 2 unspecified atom stereocenters. The fourth-order valence-electron chi connectivity index (χ4n) is 3.07. The van der Waals surface area contributed by atoms with Gasteiger partial charge in [0.1, 0.15) is 0 Å². The Balaban J connectivity index is 0.00000220. The van der Waals surface area contributed by atoms with Crippen LogP contribution in [-0.4, -0.2) is 60.6 Å². The molecule has 6 heteroatoms. The van der Waals surface area contributed by atoms with Crippen molar-refractivity contribution in [3.05, 3.63) is 0 Å². The fraction of sp³-hybridized carbons (Fsp3) is 0.933. The van der Waals surface area contributed by atoms with Gasteiger partial charge in [-0.3, -0.25) is 9.89 Å². The summed E-state index contributed by atoms with van der Waals surface area (Å²) in [5.74, 6) is 2.33. The van der Waals surface area contributed by atoms with Crippen LogP contribution >= 0.6 is 35.7 Å². The molecule has 0 amide bonds. The van der Waals surface area contributed by atoms with Crippen molar-refractivity contribution in [2.75, 3.05) is 38.5 Å². The summed E-state index contributed by atoms with van der Waals surface area (Å²) in [7, 11) is 0. The molecule has 21 heavy (non-hydrogen) atoms. The van der Waals surface area contributed by atoms with Gasteiger partial charge in [0.15, 0.2) is 5.96 Å². The average Bonchev–Trinajstić information content (AvgIpc) is 3.12. The second-order valence-electron chi connectivity index (χ2n) is 5.66. The largest absolute Gasteiger partial charge is 0.357 e. The van der Waals surface area contributed by atoms with E-state index in [2.05, 4.69) is 41.1 Å². The van der Waals surface area contributed by atoms with Gasteiger partial charge in [0, 0.05) is 24.4 Å². The molecule has 0 aromatic heterocycles. The lowest BCUT2D eigenvalue weighted by Crippen LogP contribution is -2.41. The summed E-state index contributed by atoms with van der Waals surface area (Å²) in [5, 5.41) is 7.67. The Labute approximate surface area is 151 Å². The summed E-state index contributed by atoms with van der Waals surface area (Å²) in [6.07, 6.45) is 5.35. The van der Waals surface area contributed by atoms with E-state index in [0.717, 1.165) is 37.4 Å². The van der Waals surface area contributed by atoms with Gasteiger partial charge in [-0.15, -0.1) is 24.0 Å². The Morgan fingerprint density at radius 1 is 1.24 bits per heavy atom. The molecule has 2 aliphatic heterocycles. The van der Waals surface area contributed by atoms with Crippen molar-refractivity contribution in [1.29, 1.82) is 0 Å². The van der Waals surface area contributed by atoms with Gasteiger partial charge in [-0.05, 0) is 51.4 Å². The summed E-state index contributed by atoms with van der Waals surface area (Å²) in [5.41, 5.74) is 0. The number of hydrogen-bond acceptors (Lipinski definition) is 3. The number of likely N-dealkylation sites (tertiary alicyclic amines) is 1. The van der Waals surface area contributed by atoms with Gasteiger partial charge in [0.2, 0.25) is 0 Å². The van der Waals surface area contributed by atoms with E-state index in [1.807, 2.05) is 0 Å². The first-order valence-electron chi connectivity index (χ1n) is 8.21. The number of nitrogens with zero attached hydrogens (tertiary/aromatic N) is 2. The molecule has 2 rings (SSSR count). The maximum absolute atomic E-state index is 4.80. The third kappa shape index (κ3) is 6.52. The molecule has 0 radical (unpaired) electrons. The van der Waals surface area contributed by atoms with Crippen LogP contribution in [0.15, 0.2) is 4.99 Å². The first kappa shape index (κ1) is 19.4. The molecule has 2 heterocycles. The molecule has 0 aliphatic carbocycles. The van der Waals surface area contributed by atoms with E-state index < -0.39 is 0 Å².